The van der Waals surface area contributed by atoms with Gasteiger partial charge in [-0.15, -0.1) is 0 Å². The summed E-state index contributed by atoms with van der Waals surface area (Å²) in [6.45, 7) is 7.12. The van der Waals surface area contributed by atoms with Crippen LogP contribution in [0.1, 0.15) is 46.5 Å². The molecule has 5 nitrogen and oxygen atoms in total. The summed E-state index contributed by atoms with van der Waals surface area (Å²) in [5.74, 6) is -0.345. The number of rotatable bonds is 7. The maximum Gasteiger partial charge on any atom is 0.243 e. The van der Waals surface area contributed by atoms with Gasteiger partial charge in [-0.25, -0.2) is 12.8 Å². The van der Waals surface area contributed by atoms with Gasteiger partial charge in [0.15, 0.2) is 11.6 Å². The zero-order valence-corrected chi connectivity index (χ0v) is 16.5. The summed E-state index contributed by atoms with van der Waals surface area (Å²) in [5.41, 5.74) is 0. The molecule has 26 heavy (non-hydrogen) atoms. The molecule has 2 aliphatic rings. The molecule has 7 heteroatoms. The van der Waals surface area contributed by atoms with Crippen molar-refractivity contribution in [1.29, 1.82) is 0 Å². The highest BCUT2D eigenvalue weighted by Gasteiger charge is 2.42. The number of sulfonamides is 1. The van der Waals surface area contributed by atoms with Crippen molar-refractivity contribution in [2.45, 2.75) is 69.5 Å². The van der Waals surface area contributed by atoms with Crippen molar-refractivity contribution >= 4 is 10.0 Å². The number of benzene rings is 1. The van der Waals surface area contributed by atoms with Gasteiger partial charge in [-0.3, -0.25) is 0 Å². The normalized spacial score (nSPS) is 20.5. The maximum absolute atomic E-state index is 14.5. The standard InChI is InChI=1S/C19H28FNO4S/c1-13(2)14(3)21(15-4-5-15)26(22,23)17-6-7-19(18(20)12-17)25-16-8-10-24-11-9-16/h6-7,12-16H,4-5,8-11H2,1-3H3/t14-/m1/s1. The van der Waals surface area contributed by atoms with E-state index in [2.05, 4.69) is 0 Å². The molecule has 1 heterocycles. The number of nitrogens with zero attached hydrogens (tertiary/aromatic N) is 1. The second-order valence-corrected chi connectivity index (χ2v) is 9.42. The molecule has 2 fully saturated rings. The molecule has 0 aromatic heterocycles. The third-order valence-corrected chi connectivity index (χ3v) is 7.25. The van der Waals surface area contributed by atoms with Gasteiger partial charge in [0.1, 0.15) is 6.10 Å². The fraction of sp³-hybridized carbons (Fsp3) is 0.684. The second kappa shape index (κ2) is 7.82. The lowest BCUT2D eigenvalue weighted by Crippen LogP contribution is -2.43. The molecule has 0 spiro atoms. The van der Waals surface area contributed by atoms with Gasteiger partial charge in [0.2, 0.25) is 10.0 Å². The van der Waals surface area contributed by atoms with Crippen LogP contribution in [0.15, 0.2) is 23.1 Å². The molecular formula is C19H28FNO4S. The number of hydrogen-bond acceptors (Lipinski definition) is 4. The van der Waals surface area contributed by atoms with E-state index in [4.69, 9.17) is 9.47 Å². The van der Waals surface area contributed by atoms with Gasteiger partial charge >= 0.3 is 0 Å². The lowest BCUT2D eigenvalue weighted by molar-refractivity contribution is 0.0240. The third-order valence-electron chi connectivity index (χ3n) is 5.21. The maximum atomic E-state index is 14.5. The quantitative estimate of drug-likeness (QED) is 0.720. The Morgan fingerprint density at radius 3 is 2.35 bits per heavy atom. The highest BCUT2D eigenvalue weighted by molar-refractivity contribution is 7.89. The predicted octanol–water partition coefficient (Wildman–Crippen LogP) is 3.58. The van der Waals surface area contributed by atoms with E-state index < -0.39 is 15.8 Å². The van der Waals surface area contributed by atoms with Crippen LogP contribution in [0.2, 0.25) is 0 Å². The molecule has 1 aliphatic carbocycles. The summed E-state index contributed by atoms with van der Waals surface area (Å²) in [5, 5.41) is 0. The zero-order chi connectivity index (χ0) is 18.9. The van der Waals surface area contributed by atoms with E-state index in [1.54, 1.807) is 4.31 Å². The molecule has 0 unspecified atom stereocenters. The van der Waals surface area contributed by atoms with Gasteiger partial charge in [0, 0.05) is 24.9 Å². The Balaban J connectivity index is 1.82. The smallest absolute Gasteiger partial charge is 0.243 e. The summed E-state index contributed by atoms with van der Waals surface area (Å²) in [6, 6.07) is 3.87. The minimum absolute atomic E-state index is 0.00581. The van der Waals surface area contributed by atoms with Crippen LogP contribution in [0.3, 0.4) is 0 Å². The van der Waals surface area contributed by atoms with Crippen LogP contribution in [0, 0.1) is 11.7 Å². The Labute approximate surface area is 155 Å². The van der Waals surface area contributed by atoms with E-state index in [-0.39, 0.29) is 34.8 Å². The Bertz CT molecular complexity index is 727. The van der Waals surface area contributed by atoms with Crippen molar-refractivity contribution in [3.8, 4) is 5.75 Å². The zero-order valence-electron chi connectivity index (χ0n) is 15.7. The van der Waals surface area contributed by atoms with E-state index in [0.29, 0.717) is 26.1 Å². The van der Waals surface area contributed by atoms with Gasteiger partial charge in [0.05, 0.1) is 18.1 Å². The van der Waals surface area contributed by atoms with Crippen LogP contribution in [-0.4, -0.2) is 44.1 Å². The average Bonchev–Trinajstić information content (AvgIpc) is 3.42. The van der Waals surface area contributed by atoms with Crippen LogP contribution >= 0.6 is 0 Å². The van der Waals surface area contributed by atoms with Crippen LogP contribution in [-0.2, 0) is 14.8 Å². The Kier molecular flexibility index (Phi) is 5.89. The topological polar surface area (TPSA) is 55.8 Å². The summed E-state index contributed by atoms with van der Waals surface area (Å²) in [4.78, 5) is -0.00581. The Morgan fingerprint density at radius 1 is 1.15 bits per heavy atom. The van der Waals surface area contributed by atoms with E-state index in [1.165, 1.54) is 12.1 Å². The van der Waals surface area contributed by atoms with E-state index in [9.17, 15) is 12.8 Å². The monoisotopic (exact) mass is 385 g/mol. The number of hydrogen-bond donors (Lipinski definition) is 0. The first-order valence-corrected chi connectivity index (χ1v) is 10.8. The lowest BCUT2D eigenvalue weighted by Gasteiger charge is -2.31. The molecule has 146 valence electrons. The summed E-state index contributed by atoms with van der Waals surface area (Å²) in [7, 11) is -3.74. The number of halogens is 1. The van der Waals surface area contributed by atoms with Crippen LogP contribution in [0.25, 0.3) is 0 Å². The van der Waals surface area contributed by atoms with Gasteiger partial charge in [-0.05, 0) is 43.9 Å². The molecular weight excluding hydrogens is 357 g/mol. The van der Waals surface area contributed by atoms with Crippen molar-refractivity contribution < 1.29 is 22.3 Å². The summed E-state index contributed by atoms with van der Waals surface area (Å²) < 4.78 is 53.3. The second-order valence-electron chi connectivity index (χ2n) is 7.57. The minimum atomic E-state index is -3.74. The lowest BCUT2D eigenvalue weighted by atomic mass is 10.1. The van der Waals surface area contributed by atoms with Crippen molar-refractivity contribution in [2.24, 2.45) is 5.92 Å². The fourth-order valence-electron chi connectivity index (χ4n) is 3.20. The van der Waals surface area contributed by atoms with E-state index in [1.807, 2.05) is 20.8 Å². The highest BCUT2D eigenvalue weighted by Crippen LogP contribution is 2.36. The Morgan fingerprint density at radius 2 is 1.81 bits per heavy atom. The van der Waals surface area contributed by atoms with Crippen molar-refractivity contribution in [3.05, 3.63) is 24.0 Å². The number of ether oxygens (including phenoxy) is 2. The highest BCUT2D eigenvalue weighted by atomic mass is 32.2. The van der Waals surface area contributed by atoms with Crippen LogP contribution in [0.5, 0.6) is 5.75 Å². The van der Waals surface area contributed by atoms with Crippen LogP contribution < -0.4 is 4.74 Å². The molecule has 1 saturated heterocycles. The van der Waals surface area contributed by atoms with Gasteiger partial charge in [0.25, 0.3) is 0 Å². The average molecular weight is 386 g/mol. The minimum Gasteiger partial charge on any atom is -0.487 e. The molecule has 1 atom stereocenters. The third kappa shape index (κ3) is 4.21. The van der Waals surface area contributed by atoms with E-state index in [0.717, 1.165) is 18.9 Å². The van der Waals surface area contributed by atoms with Gasteiger partial charge in [-0.2, -0.15) is 4.31 Å². The first-order chi connectivity index (χ1) is 12.3. The van der Waals surface area contributed by atoms with Gasteiger partial charge in [-0.1, -0.05) is 13.8 Å². The van der Waals surface area contributed by atoms with Crippen molar-refractivity contribution in [2.75, 3.05) is 13.2 Å². The molecule has 0 N–H and O–H groups in total. The molecule has 1 aromatic carbocycles. The SMILES string of the molecule is CC(C)[C@@H](C)N(C1CC1)S(=O)(=O)c1ccc(OC2CCOCC2)c(F)c1. The molecule has 1 saturated carbocycles. The van der Waals surface area contributed by atoms with E-state index >= 15 is 0 Å². The summed E-state index contributed by atoms with van der Waals surface area (Å²) >= 11 is 0. The Hall–Kier alpha value is -1.18. The van der Waals surface area contributed by atoms with Crippen molar-refractivity contribution in [1.82, 2.24) is 4.31 Å². The molecule has 3 rings (SSSR count). The summed E-state index contributed by atoms with van der Waals surface area (Å²) in [6.07, 6.45) is 3.06. The first kappa shape index (κ1) is 19.6. The predicted molar refractivity (Wildman–Crippen MR) is 97.2 cm³/mol. The van der Waals surface area contributed by atoms with Gasteiger partial charge < -0.3 is 9.47 Å². The molecule has 1 aliphatic heterocycles. The molecule has 0 radical (unpaired) electrons. The largest absolute Gasteiger partial charge is 0.487 e. The molecule has 0 bridgehead atoms. The van der Waals surface area contributed by atoms with Crippen LogP contribution in [0.4, 0.5) is 4.39 Å². The fourth-order valence-corrected chi connectivity index (χ4v) is 5.22. The molecule has 1 aromatic rings. The molecule has 0 amide bonds. The van der Waals surface area contributed by atoms with Crippen molar-refractivity contribution in [3.63, 3.8) is 0 Å². The first-order valence-electron chi connectivity index (χ1n) is 9.38.